The second-order valence-electron chi connectivity index (χ2n) is 8.37. The first kappa shape index (κ1) is 24.3. The maximum atomic E-state index is 12.7. The van der Waals surface area contributed by atoms with Gasteiger partial charge in [-0.2, -0.15) is 5.10 Å². The number of benzene rings is 3. The standard InChI is InChI=1S/C28H24BrN5O3/c1-16-11-23(20-5-4-6-26(37-3)27(20)31-16)32-19-8-9-22-18(13-19)14-24(33-22)28(35)34-30-15-17-7-10-25(36-2)21(29)12-17/h4-15,33H,1-3H3,(H,31,32)(H,34,35)/b30-15+. The fourth-order valence-corrected chi connectivity index (χ4v) is 4.65. The number of methoxy groups -OCH3 is 2. The fraction of sp³-hybridized carbons (Fsp3) is 0.107. The highest BCUT2D eigenvalue weighted by Gasteiger charge is 2.12. The van der Waals surface area contributed by atoms with E-state index in [-0.39, 0.29) is 5.91 Å². The highest BCUT2D eigenvalue weighted by molar-refractivity contribution is 9.10. The summed E-state index contributed by atoms with van der Waals surface area (Å²) in [4.78, 5) is 20.5. The normalized spacial score (nSPS) is 11.2. The van der Waals surface area contributed by atoms with Crippen LogP contribution in [0.25, 0.3) is 21.8 Å². The number of fused-ring (bicyclic) bond motifs is 2. The molecule has 0 unspecified atom stereocenters. The molecule has 0 spiro atoms. The molecular formula is C28H24BrN5O3. The van der Waals surface area contributed by atoms with E-state index in [9.17, 15) is 4.79 Å². The van der Waals surface area contributed by atoms with Crippen LogP contribution in [0.5, 0.6) is 11.5 Å². The van der Waals surface area contributed by atoms with Gasteiger partial charge in [-0.3, -0.25) is 4.79 Å². The highest BCUT2D eigenvalue weighted by atomic mass is 79.9. The minimum atomic E-state index is -0.336. The quantitative estimate of drug-likeness (QED) is 0.161. The Labute approximate surface area is 221 Å². The molecule has 5 aromatic rings. The lowest BCUT2D eigenvalue weighted by molar-refractivity contribution is 0.0951. The third-order valence-corrected chi connectivity index (χ3v) is 6.47. The molecule has 0 aliphatic carbocycles. The largest absolute Gasteiger partial charge is 0.496 e. The third kappa shape index (κ3) is 5.12. The molecule has 0 radical (unpaired) electrons. The maximum absolute atomic E-state index is 12.7. The number of carbonyl (C=O) groups excluding carboxylic acids is 1. The Morgan fingerprint density at radius 3 is 2.65 bits per heavy atom. The number of aryl methyl sites for hydroxylation is 1. The van der Waals surface area contributed by atoms with E-state index in [4.69, 9.17) is 9.47 Å². The van der Waals surface area contributed by atoms with Crippen LogP contribution in [0.1, 0.15) is 21.7 Å². The lowest BCUT2D eigenvalue weighted by Crippen LogP contribution is -2.17. The second-order valence-corrected chi connectivity index (χ2v) is 9.23. The number of para-hydroxylation sites is 1. The average Bonchev–Trinajstić information content (AvgIpc) is 3.32. The van der Waals surface area contributed by atoms with Crippen LogP contribution in [-0.4, -0.2) is 36.3 Å². The summed E-state index contributed by atoms with van der Waals surface area (Å²) in [5.41, 5.74) is 8.13. The zero-order chi connectivity index (χ0) is 25.9. The summed E-state index contributed by atoms with van der Waals surface area (Å²) >= 11 is 3.44. The van der Waals surface area contributed by atoms with Crippen molar-refractivity contribution in [2.45, 2.75) is 6.92 Å². The van der Waals surface area contributed by atoms with Crippen LogP contribution in [0.2, 0.25) is 0 Å². The number of nitrogens with zero attached hydrogens (tertiary/aromatic N) is 2. The van der Waals surface area contributed by atoms with Gasteiger partial charge in [0.05, 0.1) is 24.9 Å². The first-order valence-electron chi connectivity index (χ1n) is 11.5. The van der Waals surface area contributed by atoms with Crippen LogP contribution >= 0.6 is 15.9 Å². The van der Waals surface area contributed by atoms with E-state index in [0.717, 1.165) is 60.4 Å². The Morgan fingerprint density at radius 2 is 1.86 bits per heavy atom. The Balaban J connectivity index is 1.34. The molecule has 8 nitrogen and oxygen atoms in total. The Morgan fingerprint density at radius 1 is 1.03 bits per heavy atom. The highest BCUT2D eigenvalue weighted by Crippen LogP contribution is 2.32. The minimum absolute atomic E-state index is 0.336. The summed E-state index contributed by atoms with van der Waals surface area (Å²) < 4.78 is 11.5. The Kier molecular flexibility index (Phi) is 6.78. The van der Waals surface area contributed by atoms with Crippen molar-refractivity contribution < 1.29 is 14.3 Å². The molecule has 2 aromatic heterocycles. The van der Waals surface area contributed by atoms with Gasteiger partial charge in [0.15, 0.2) is 0 Å². The lowest BCUT2D eigenvalue weighted by atomic mass is 10.1. The molecule has 0 bridgehead atoms. The van der Waals surface area contributed by atoms with Gasteiger partial charge in [0, 0.05) is 33.4 Å². The molecule has 1 amide bonds. The predicted molar refractivity (Wildman–Crippen MR) is 150 cm³/mol. The Hall–Kier alpha value is -4.37. The summed E-state index contributed by atoms with van der Waals surface area (Å²) in [5, 5.41) is 9.42. The SMILES string of the molecule is COc1ccc(/C=N/NC(=O)c2cc3cc(Nc4cc(C)nc5c(OC)cccc45)ccc3[nH]2)cc1Br. The molecule has 3 aromatic carbocycles. The summed E-state index contributed by atoms with van der Waals surface area (Å²) in [6.07, 6.45) is 1.57. The smallest absolute Gasteiger partial charge is 0.287 e. The summed E-state index contributed by atoms with van der Waals surface area (Å²) in [5.74, 6) is 1.11. The van der Waals surface area contributed by atoms with Gasteiger partial charge >= 0.3 is 0 Å². The molecule has 0 atom stereocenters. The lowest BCUT2D eigenvalue weighted by Gasteiger charge is -2.13. The number of hydrogen-bond acceptors (Lipinski definition) is 6. The maximum Gasteiger partial charge on any atom is 0.287 e. The summed E-state index contributed by atoms with van der Waals surface area (Å²) in [6, 6.07) is 21.1. The number of H-pyrrole nitrogens is 1. The number of pyridine rings is 1. The zero-order valence-corrected chi connectivity index (χ0v) is 22.0. The van der Waals surface area contributed by atoms with Crippen LogP contribution in [0.4, 0.5) is 11.4 Å². The molecule has 37 heavy (non-hydrogen) atoms. The molecule has 0 fully saturated rings. The van der Waals surface area contributed by atoms with Gasteiger partial charge in [0.1, 0.15) is 22.7 Å². The van der Waals surface area contributed by atoms with E-state index in [1.165, 1.54) is 0 Å². The number of ether oxygens (including phenoxy) is 2. The van der Waals surface area contributed by atoms with E-state index in [1.54, 1.807) is 26.5 Å². The molecule has 2 heterocycles. The van der Waals surface area contributed by atoms with Crippen molar-refractivity contribution >= 4 is 61.2 Å². The fourth-order valence-electron chi connectivity index (χ4n) is 4.10. The number of aromatic nitrogens is 2. The van der Waals surface area contributed by atoms with Crippen molar-refractivity contribution in [2.24, 2.45) is 5.10 Å². The molecule has 0 aliphatic heterocycles. The van der Waals surface area contributed by atoms with E-state index in [2.05, 4.69) is 41.7 Å². The molecule has 3 N–H and O–H groups in total. The van der Waals surface area contributed by atoms with Gasteiger partial charge in [-0.25, -0.2) is 10.4 Å². The van der Waals surface area contributed by atoms with Crippen molar-refractivity contribution in [3.05, 3.63) is 88.2 Å². The monoisotopic (exact) mass is 557 g/mol. The van der Waals surface area contributed by atoms with Crippen molar-refractivity contribution in [1.82, 2.24) is 15.4 Å². The van der Waals surface area contributed by atoms with Gasteiger partial charge in [0.2, 0.25) is 0 Å². The Bertz CT molecular complexity index is 1660. The van der Waals surface area contributed by atoms with Crippen LogP contribution in [0.15, 0.2) is 76.3 Å². The molecule has 9 heteroatoms. The van der Waals surface area contributed by atoms with E-state index in [0.29, 0.717) is 5.69 Å². The van der Waals surface area contributed by atoms with Crippen LogP contribution in [0, 0.1) is 6.92 Å². The first-order valence-corrected chi connectivity index (χ1v) is 12.3. The number of carbonyl (C=O) groups is 1. The number of anilines is 2. The topological polar surface area (TPSA) is 101 Å². The van der Waals surface area contributed by atoms with Gasteiger partial charge in [-0.15, -0.1) is 0 Å². The predicted octanol–water partition coefficient (Wildman–Crippen LogP) is 6.31. The van der Waals surface area contributed by atoms with E-state index >= 15 is 0 Å². The number of hydrogen-bond donors (Lipinski definition) is 3. The summed E-state index contributed by atoms with van der Waals surface area (Å²) in [7, 11) is 3.25. The van der Waals surface area contributed by atoms with Crippen molar-refractivity contribution in [1.29, 1.82) is 0 Å². The van der Waals surface area contributed by atoms with Gasteiger partial charge in [-0.05, 0) is 83.0 Å². The van der Waals surface area contributed by atoms with Gasteiger partial charge < -0.3 is 19.8 Å². The van der Waals surface area contributed by atoms with Crippen molar-refractivity contribution in [3.63, 3.8) is 0 Å². The van der Waals surface area contributed by atoms with Crippen LogP contribution in [-0.2, 0) is 0 Å². The molecule has 0 saturated carbocycles. The average molecular weight is 558 g/mol. The molecule has 186 valence electrons. The number of halogens is 1. The van der Waals surface area contributed by atoms with E-state index < -0.39 is 0 Å². The van der Waals surface area contributed by atoms with Crippen molar-refractivity contribution in [3.8, 4) is 11.5 Å². The van der Waals surface area contributed by atoms with Crippen LogP contribution in [0.3, 0.4) is 0 Å². The number of aromatic amines is 1. The van der Waals surface area contributed by atoms with Crippen molar-refractivity contribution in [2.75, 3.05) is 19.5 Å². The number of rotatable bonds is 7. The van der Waals surface area contributed by atoms with E-state index in [1.807, 2.05) is 67.6 Å². The summed E-state index contributed by atoms with van der Waals surface area (Å²) in [6.45, 7) is 1.95. The molecule has 5 rings (SSSR count). The number of nitrogens with one attached hydrogen (secondary N) is 3. The molecule has 0 saturated heterocycles. The van der Waals surface area contributed by atoms with Crippen LogP contribution < -0.4 is 20.2 Å². The van der Waals surface area contributed by atoms with Gasteiger partial charge in [-0.1, -0.05) is 12.1 Å². The second kappa shape index (κ2) is 10.3. The third-order valence-electron chi connectivity index (χ3n) is 5.85. The zero-order valence-electron chi connectivity index (χ0n) is 20.4. The molecule has 0 aliphatic rings. The minimum Gasteiger partial charge on any atom is -0.496 e. The number of amides is 1. The molecular weight excluding hydrogens is 534 g/mol. The number of hydrazone groups is 1. The first-order chi connectivity index (χ1) is 17.9. The van der Waals surface area contributed by atoms with Gasteiger partial charge in [0.25, 0.3) is 5.91 Å².